The van der Waals surface area contributed by atoms with Crippen molar-refractivity contribution in [2.75, 3.05) is 5.73 Å². The highest BCUT2D eigenvalue weighted by Gasteiger charge is 2.32. The second-order valence-electron chi connectivity index (χ2n) is 2.66. The van der Waals surface area contributed by atoms with Crippen LogP contribution in [0.4, 0.5) is 18.9 Å². The molecule has 0 saturated heterocycles. The van der Waals surface area contributed by atoms with Gasteiger partial charge in [0.2, 0.25) is 0 Å². The van der Waals surface area contributed by atoms with Crippen LogP contribution in [-0.2, 0) is 5.33 Å². The van der Waals surface area contributed by atoms with Crippen LogP contribution in [0.3, 0.4) is 0 Å². The second-order valence-corrected chi connectivity index (χ2v) is 3.63. The average Bonchev–Trinajstić information content (AvgIpc) is 2.08. The van der Waals surface area contributed by atoms with Crippen LogP contribution in [0.15, 0.2) is 12.1 Å². The summed E-state index contributed by atoms with van der Waals surface area (Å²) in [5, 5.41) is 0.279. The topological polar surface area (TPSA) is 35.2 Å². The minimum absolute atomic E-state index is 0.129. The molecule has 7 heteroatoms. The quantitative estimate of drug-likeness (QED) is 0.667. The Morgan fingerprint density at radius 2 is 2.00 bits per heavy atom. The van der Waals surface area contributed by atoms with Crippen molar-refractivity contribution in [3.05, 3.63) is 22.7 Å². The first-order valence-corrected chi connectivity index (χ1v) is 5.23. The normalized spacial score (nSPS) is 11.5. The van der Waals surface area contributed by atoms with E-state index in [1.54, 1.807) is 0 Å². The summed E-state index contributed by atoms with van der Waals surface area (Å²) in [6.07, 6.45) is -4.77. The van der Waals surface area contributed by atoms with Crippen molar-refractivity contribution in [3.8, 4) is 5.75 Å². The van der Waals surface area contributed by atoms with E-state index in [1.807, 2.05) is 0 Å². The summed E-state index contributed by atoms with van der Waals surface area (Å²) in [5.41, 5.74) is 6.28. The molecule has 0 radical (unpaired) electrons. The first kappa shape index (κ1) is 12.4. The Labute approximate surface area is 97.3 Å². The van der Waals surface area contributed by atoms with Gasteiger partial charge in [-0.15, -0.1) is 13.2 Å². The number of anilines is 1. The van der Waals surface area contributed by atoms with Crippen LogP contribution in [0.2, 0.25) is 5.02 Å². The van der Waals surface area contributed by atoms with Crippen LogP contribution in [0, 0.1) is 0 Å². The summed E-state index contributed by atoms with van der Waals surface area (Å²) in [5.74, 6) is -0.494. The minimum Gasteiger partial charge on any atom is -0.404 e. The highest BCUT2D eigenvalue weighted by Crippen LogP contribution is 2.34. The van der Waals surface area contributed by atoms with Gasteiger partial charge in [0, 0.05) is 17.1 Å². The van der Waals surface area contributed by atoms with Crippen molar-refractivity contribution in [2.45, 2.75) is 11.7 Å². The van der Waals surface area contributed by atoms with Gasteiger partial charge in [0.1, 0.15) is 5.75 Å². The number of halogens is 5. The predicted octanol–water partition coefficient (Wildman–Crippen LogP) is 3.72. The maximum absolute atomic E-state index is 11.9. The zero-order valence-corrected chi connectivity index (χ0v) is 9.58. The van der Waals surface area contributed by atoms with Crippen LogP contribution in [-0.4, -0.2) is 6.36 Å². The molecule has 0 aliphatic carbocycles. The number of ether oxygens (including phenoxy) is 1. The number of benzene rings is 1. The molecule has 0 amide bonds. The molecule has 2 nitrogen and oxygen atoms in total. The first-order chi connectivity index (χ1) is 6.83. The summed E-state index contributed by atoms with van der Waals surface area (Å²) >= 11 is 8.71. The number of nitrogen functional groups attached to an aromatic ring is 1. The Morgan fingerprint density at radius 3 is 2.47 bits per heavy atom. The molecule has 1 rings (SSSR count). The van der Waals surface area contributed by atoms with Crippen molar-refractivity contribution in [1.29, 1.82) is 0 Å². The van der Waals surface area contributed by atoms with Crippen molar-refractivity contribution in [2.24, 2.45) is 0 Å². The lowest BCUT2D eigenvalue weighted by atomic mass is 10.2. The van der Waals surface area contributed by atoms with E-state index in [0.29, 0.717) is 10.9 Å². The van der Waals surface area contributed by atoms with Gasteiger partial charge in [-0.3, -0.25) is 0 Å². The number of hydrogen-bond donors (Lipinski definition) is 1. The molecular weight excluding hydrogens is 298 g/mol. The molecule has 2 N–H and O–H groups in total. The Hall–Kier alpha value is -0.620. The average molecular weight is 304 g/mol. The highest BCUT2D eigenvalue weighted by molar-refractivity contribution is 9.08. The molecule has 0 aliphatic heterocycles. The van der Waals surface area contributed by atoms with E-state index in [2.05, 4.69) is 20.7 Å². The van der Waals surface area contributed by atoms with Crippen molar-refractivity contribution >= 4 is 33.2 Å². The van der Waals surface area contributed by atoms with Gasteiger partial charge in [-0.2, -0.15) is 0 Å². The van der Waals surface area contributed by atoms with E-state index < -0.39 is 12.1 Å². The van der Waals surface area contributed by atoms with Crippen LogP contribution in [0.1, 0.15) is 5.56 Å². The molecule has 15 heavy (non-hydrogen) atoms. The molecule has 0 unspecified atom stereocenters. The summed E-state index contributed by atoms with van der Waals surface area (Å²) < 4.78 is 39.4. The molecule has 0 aromatic heterocycles. The van der Waals surface area contributed by atoms with Gasteiger partial charge in [0.05, 0.1) is 5.02 Å². The van der Waals surface area contributed by atoms with E-state index in [9.17, 15) is 13.2 Å². The molecule has 0 spiro atoms. The molecular formula is C8H6BrClF3NO. The van der Waals surface area contributed by atoms with Gasteiger partial charge >= 0.3 is 6.36 Å². The Morgan fingerprint density at radius 1 is 1.40 bits per heavy atom. The molecule has 84 valence electrons. The van der Waals surface area contributed by atoms with Gasteiger partial charge in [0.25, 0.3) is 0 Å². The van der Waals surface area contributed by atoms with E-state index in [-0.39, 0.29) is 10.7 Å². The standard InChI is InChI=1S/C8H6BrClF3NO/c9-3-4-1-5(10)7(2-6(4)14)15-8(11,12)13/h1-2H,3,14H2. The monoisotopic (exact) mass is 303 g/mol. The van der Waals surface area contributed by atoms with Gasteiger partial charge < -0.3 is 10.5 Å². The Kier molecular flexibility index (Phi) is 3.72. The fraction of sp³-hybridized carbons (Fsp3) is 0.250. The smallest absolute Gasteiger partial charge is 0.404 e. The van der Waals surface area contributed by atoms with Crippen molar-refractivity contribution in [1.82, 2.24) is 0 Å². The lowest BCUT2D eigenvalue weighted by molar-refractivity contribution is -0.274. The molecule has 0 heterocycles. The third-order valence-electron chi connectivity index (χ3n) is 1.56. The fourth-order valence-corrected chi connectivity index (χ4v) is 1.64. The largest absolute Gasteiger partial charge is 0.573 e. The molecule has 0 fully saturated rings. The summed E-state index contributed by atoms with van der Waals surface area (Å²) in [7, 11) is 0. The number of nitrogens with two attached hydrogens (primary N) is 1. The molecule has 1 aromatic rings. The maximum atomic E-state index is 11.9. The van der Waals surface area contributed by atoms with E-state index in [4.69, 9.17) is 17.3 Å². The summed E-state index contributed by atoms with van der Waals surface area (Å²) in [4.78, 5) is 0. The third-order valence-corrected chi connectivity index (χ3v) is 2.46. The van der Waals surface area contributed by atoms with Gasteiger partial charge in [-0.1, -0.05) is 27.5 Å². The number of alkyl halides is 4. The summed E-state index contributed by atoms with van der Waals surface area (Å²) in [6, 6.07) is 2.37. The fourth-order valence-electron chi connectivity index (χ4n) is 0.929. The van der Waals surface area contributed by atoms with E-state index in [0.717, 1.165) is 6.07 Å². The molecule has 0 bridgehead atoms. The second kappa shape index (κ2) is 4.49. The minimum atomic E-state index is -4.77. The molecule has 0 saturated carbocycles. The third kappa shape index (κ3) is 3.46. The lowest BCUT2D eigenvalue weighted by Crippen LogP contribution is -2.17. The van der Waals surface area contributed by atoms with E-state index >= 15 is 0 Å². The van der Waals surface area contributed by atoms with Crippen molar-refractivity contribution in [3.63, 3.8) is 0 Å². The predicted molar refractivity (Wildman–Crippen MR) is 55.2 cm³/mol. The van der Waals surface area contributed by atoms with Gasteiger partial charge in [-0.25, -0.2) is 0 Å². The number of hydrogen-bond acceptors (Lipinski definition) is 2. The molecule has 0 atom stereocenters. The summed E-state index contributed by atoms with van der Waals surface area (Å²) in [6.45, 7) is 0. The zero-order chi connectivity index (χ0) is 11.6. The molecule has 0 aliphatic rings. The van der Waals surface area contributed by atoms with Crippen LogP contribution >= 0.6 is 27.5 Å². The Bertz CT molecular complexity index is 370. The van der Waals surface area contributed by atoms with Gasteiger partial charge in [-0.05, 0) is 11.6 Å². The zero-order valence-electron chi connectivity index (χ0n) is 7.24. The lowest BCUT2D eigenvalue weighted by Gasteiger charge is -2.12. The molecule has 1 aromatic carbocycles. The van der Waals surface area contributed by atoms with Crippen molar-refractivity contribution < 1.29 is 17.9 Å². The van der Waals surface area contributed by atoms with Crippen LogP contribution < -0.4 is 10.5 Å². The van der Waals surface area contributed by atoms with Crippen LogP contribution in [0.25, 0.3) is 0 Å². The first-order valence-electron chi connectivity index (χ1n) is 3.73. The highest BCUT2D eigenvalue weighted by atomic mass is 79.9. The SMILES string of the molecule is Nc1cc(OC(F)(F)F)c(Cl)cc1CBr. The van der Waals surface area contributed by atoms with Crippen LogP contribution in [0.5, 0.6) is 5.75 Å². The van der Waals surface area contributed by atoms with E-state index in [1.165, 1.54) is 6.07 Å². The maximum Gasteiger partial charge on any atom is 0.573 e. The number of rotatable bonds is 2. The Balaban J connectivity index is 3.05. The van der Waals surface area contributed by atoms with Gasteiger partial charge in [0.15, 0.2) is 0 Å².